The van der Waals surface area contributed by atoms with E-state index in [1.54, 1.807) is 30.3 Å². The lowest BCUT2D eigenvalue weighted by Crippen LogP contribution is -2.52. The van der Waals surface area contributed by atoms with Gasteiger partial charge in [-0.25, -0.2) is 8.42 Å². The van der Waals surface area contributed by atoms with Crippen molar-refractivity contribution in [1.82, 2.24) is 10.2 Å². The summed E-state index contributed by atoms with van der Waals surface area (Å²) in [6.07, 6.45) is 1.09. The Kier molecular flexibility index (Phi) is 11.2. The number of amides is 2. The highest BCUT2D eigenvalue weighted by atomic mass is 32.2. The van der Waals surface area contributed by atoms with Crippen molar-refractivity contribution in [1.29, 1.82) is 0 Å². The van der Waals surface area contributed by atoms with Gasteiger partial charge in [0.2, 0.25) is 11.8 Å². The number of hydrogen-bond acceptors (Lipinski definition) is 6. The molecule has 0 fully saturated rings. The SMILES string of the molecule is CCCNC(=O)[C@H](CC)N(Cc1ccc(C)cc1)C(=O)CN(c1cc(OC)ccc1OC)S(=O)(=O)c1ccccc1. The first-order chi connectivity index (χ1) is 19.7. The highest BCUT2D eigenvalue weighted by Crippen LogP contribution is 2.36. The van der Waals surface area contributed by atoms with Crippen LogP contribution < -0.4 is 19.1 Å². The molecule has 220 valence electrons. The van der Waals surface area contributed by atoms with Crippen LogP contribution in [-0.2, 0) is 26.2 Å². The Bertz CT molecular complexity index is 1410. The maximum atomic E-state index is 14.2. The number of hydrogen-bond donors (Lipinski definition) is 1. The molecule has 0 aliphatic rings. The molecule has 0 saturated heterocycles. The number of sulfonamides is 1. The minimum Gasteiger partial charge on any atom is -0.497 e. The first-order valence-electron chi connectivity index (χ1n) is 13.6. The van der Waals surface area contributed by atoms with Crippen molar-refractivity contribution < 1.29 is 27.5 Å². The van der Waals surface area contributed by atoms with Gasteiger partial charge in [-0.15, -0.1) is 0 Å². The second-order valence-corrected chi connectivity index (χ2v) is 11.4. The Labute approximate surface area is 243 Å². The van der Waals surface area contributed by atoms with Crippen molar-refractivity contribution in [3.05, 3.63) is 83.9 Å². The van der Waals surface area contributed by atoms with Gasteiger partial charge in [-0.2, -0.15) is 0 Å². The molecule has 0 radical (unpaired) electrons. The van der Waals surface area contributed by atoms with E-state index in [0.29, 0.717) is 18.7 Å². The molecule has 0 aliphatic heterocycles. The third kappa shape index (κ3) is 7.79. The third-order valence-corrected chi connectivity index (χ3v) is 8.45. The molecule has 0 saturated carbocycles. The lowest BCUT2D eigenvalue weighted by atomic mass is 10.1. The predicted molar refractivity (Wildman–Crippen MR) is 160 cm³/mol. The molecule has 41 heavy (non-hydrogen) atoms. The van der Waals surface area contributed by atoms with Gasteiger partial charge in [-0.1, -0.05) is 61.9 Å². The molecule has 3 aromatic rings. The van der Waals surface area contributed by atoms with Crippen LogP contribution in [0.25, 0.3) is 0 Å². The first-order valence-corrected chi connectivity index (χ1v) is 15.0. The fraction of sp³-hybridized carbons (Fsp3) is 0.355. The van der Waals surface area contributed by atoms with Crippen molar-refractivity contribution in [2.75, 3.05) is 31.6 Å². The smallest absolute Gasteiger partial charge is 0.264 e. The van der Waals surface area contributed by atoms with Gasteiger partial charge in [0.25, 0.3) is 10.0 Å². The Morgan fingerprint density at radius 1 is 0.927 bits per heavy atom. The van der Waals surface area contributed by atoms with Crippen molar-refractivity contribution >= 4 is 27.5 Å². The number of nitrogens with zero attached hydrogens (tertiary/aromatic N) is 2. The molecule has 0 spiro atoms. The molecular weight excluding hydrogens is 542 g/mol. The zero-order valence-corrected chi connectivity index (χ0v) is 25.1. The van der Waals surface area contributed by atoms with Crippen molar-refractivity contribution in [2.45, 2.75) is 51.1 Å². The number of nitrogens with one attached hydrogen (secondary N) is 1. The number of rotatable bonds is 14. The molecule has 10 heteroatoms. The normalized spacial score (nSPS) is 11.8. The van der Waals surface area contributed by atoms with Crippen LogP contribution in [0, 0.1) is 6.92 Å². The Morgan fingerprint density at radius 2 is 1.61 bits per heavy atom. The number of anilines is 1. The molecule has 1 N–H and O–H groups in total. The summed E-state index contributed by atoms with van der Waals surface area (Å²) in [4.78, 5) is 28.8. The molecule has 3 rings (SSSR count). The minimum atomic E-state index is -4.24. The van der Waals surface area contributed by atoms with Crippen LogP contribution in [0.15, 0.2) is 77.7 Å². The summed E-state index contributed by atoms with van der Waals surface area (Å²) in [5, 5.41) is 2.89. The summed E-state index contributed by atoms with van der Waals surface area (Å²) in [6.45, 7) is 5.78. The molecule has 9 nitrogen and oxygen atoms in total. The highest BCUT2D eigenvalue weighted by Gasteiger charge is 2.34. The van der Waals surface area contributed by atoms with E-state index in [-0.39, 0.29) is 28.8 Å². The number of methoxy groups -OCH3 is 2. The van der Waals surface area contributed by atoms with Crippen molar-refractivity contribution in [2.24, 2.45) is 0 Å². The number of ether oxygens (including phenoxy) is 2. The largest absolute Gasteiger partial charge is 0.497 e. The van der Waals surface area contributed by atoms with Crippen LogP contribution in [0.3, 0.4) is 0 Å². The van der Waals surface area contributed by atoms with Crippen LogP contribution in [0.2, 0.25) is 0 Å². The van der Waals surface area contributed by atoms with Crippen LogP contribution in [0.5, 0.6) is 11.5 Å². The second-order valence-electron chi connectivity index (χ2n) is 9.58. The van der Waals surface area contributed by atoms with E-state index in [4.69, 9.17) is 9.47 Å². The van der Waals surface area contributed by atoms with E-state index in [0.717, 1.165) is 21.9 Å². The monoisotopic (exact) mass is 581 g/mol. The summed E-state index contributed by atoms with van der Waals surface area (Å²) in [7, 11) is -1.34. The first kappa shape index (κ1) is 31.5. The van der Waals surface area contributed by atoms with E-state index in [9.17, 15) is 18.0 Å². The van der Waals surface area contributed by atoms with Gasteiger partial charge in [0, 0.05) is 19.2 Å². The lowest BCUT2D eigenvalue weighted by Gasteiger charge is -2.33. The molecule has 3 aromatic carbocycles. The van der Waals surface area contributed by atoms with Crippen LogP contribution in [-0.4, -0.2) is 58.5 Å². The number of benzene rings is 3. The van der Waals surface area contributed by atoms with E-state index in [1.807, 2.05) is 45.0 Å². The molecule has 0 bridgehead atoms. The molecule has 0 aliphatic carbocycles. The molecular formula is C31H39N3O6S. The Balaban J connectivity index is 2.12. The second kappa shape index (κ2) is 14.5. The molecule has 1 atom stereocenters. The number of carbonyl (C=O) groups is 2. The standard InChI is InChI=1S/C31H39N3O6S/c1-6-19-32-31(36)27(7-2)33(21-24-15-13-23(3)14-16-24)30(35)22-34(41(37,38)26-11-9-8-10-12-26)28-20-25(39-4)17-18-29(28)40-5/h8-18,20,27H,6-7,19,21-22H2,1-5H3,(H,32,36)/t27-/m0/s1. The van der Waals surface area contributed by atoms with Crippen molar-refractivity contribution in [3.8, 4) is 11.5 Å². The fourth-order valence-corrected chi connectivity index (χ4v) is 5.84. The average molecular weight is 582 g/mol. The third-order valence-electron chi connectivity index (χ3n) is 6.67. The summed E-state index contributed by atoms with van der Waals surface area (Å²) in [5.74, 6) is -0.181. The average Bonchev–Trinajstić information content (AvgIpc) is 2.99. The van der Waals surface area contributed by atoms with Crippen molar-refractivity contribution in [3.63, 3.8) is 0 Å². The van der Waals surface area contributed by atoms with Crippen LogP contribution in [0.4, 0.5) is 5.69 Å². The van der Waals surface area contributed by atoms with Crippen LogP contribution in [0.1, 0.15) is 37.8 Å². The van der Waals surface area contributed by atoms with Gasteiger partial charge >= 0.3 is 0 Å². The van der Waals surface area contributed by atoms with E-state index < -0.39 is 28.5 Å². The zero-order chi connectivity index (χ0) is 30.0. The van der Waals surface area contributed by atoms with Gasteiger partial charge in [-0.05, 0) is 49.6 Å². The molecule has 2 amide bonds. The highest BCUT2D eigenvalue weighted by molar-refractivity contribution is 7.92. The van der Waals surface area contributed by atoms with Gasteiger partial charge in [0.1, 0.15) is 24.1 Å². The Morgan fingerprint density at radius 3 is 2.20 bits per heavy atom. The molecule has 0 aromatic heterocycles. The fourth-order valence-electron chi connectivity index (χ4n) is 4.40. The zero-order valence-electron chi connectivity index (χ0n) is 24.3. The maximum Gasteiger partial charge on any atom is 0.264 e. The molecule has 0 heterocycles. The predicted octanol–water partition coefficient (Wildman–Crippen LogP) is 4.54. The van der Waals surface area contributed by atoms with E-state index in [2.05, 4.69) is 5.32 Å². The number of carbonyl (C=O) groups excluding carboxylic acids is 2. The summed E-state index contributed by atoms with van der Waals surface area (Å²) in [6, 6.07) is 19.5. The van der Waals surface area contributed by atoms with Gasteiger partial charge in [-0.3, -0.25) is 13.9 Å². The minimum absolute atomic E-state index is 0.00971. The summed E-state index contributed by atoms with van der Waals surface area (Å²) < 4.78 is 40.0. The van der Waals surface area contributed by atoms with Gasteiger partial charge in [0.15, 0.2) is 0 Å². The number of aryl methyl sites for hydroxylation is 1. The summed E-state index contributed by atoms with van der Waals surface area (Å²) >= 11 is 0. The van der Waals surface area contributed by atoms with E-state index in [1.165, 1.54) is 37.3 Å². The summed E-state index contributed by atoms with van der Waals surface area (Å²) in [5.41, 5.74) is 2.02. The lowest BCUT2D eigenvalue weighted by molar-refractivity contribution is -0.140. The quantitative estimate of drug-likeness (QED) is 0.300. The maximum absolute atomic E-state index is 14.2. The van der Waals surface area contributed by atoms with E-state index >= 15 is 0 Å². The Hall–Kier alpha value is -4.05. The van der Waals surface area contributed by atoms with Gasteiger partial charge < -0.3 is 19.7 Å². The topological polar surface area (TPSA) is 105 Å². The van der Waals surface area contributed by atoms with Crippen LogP contribution >= 0.6 is 0 Å². The van der Waals surface area contributed by atoms with Gasteiger partial charge in [0.05, 0.1) is 24.8 Å². The molecule has 0 unspecified atom stereocenters.